The minimum absolute atomic E-state index is 0.145. The van der Waals surface area contributed by atoms with Crippen molar-refractivity contribution in [3.8, 4) is 11.3 Å². The van der Waals surface area contributed by atoms with Crippen LogP contribution >= 0.6 is 0 Å². The van der Waals surface area contributed by atoms with Crippen molar-refractivity contribution in [2.45, 2.75) is 6.92 Å². The molecule has 0 unspecified atom stereocenters. The summed E-state index contributed by atoms with van der Waals surface area (Å²) in [7, 11) is 0. The zero-order valence-corrected chi connectivity index (χ0v) is 14.7. The second-order valence-electron chi connectivity index (χ2n) is 6.06. The number of benzene rings is 2. The second-order valence-corrected chi connectivity index (χ2v) is 6.06. The maximum absolute atomic E-state index is 12.2. The number of carbonyl (C=O) groups is 2. The Morgan fingerprint density at radius 3 is 2.63 bits per heavy atom. The van der Waals surface area contributed by atoms with Crippen molar-refractivity contribution in [3.05, 3.63) is 77.6 Å². The Morgan fingerprint density at radius 2 is 1.85 bits per heavy atom. The third-order valence-electron chi connectivity index (χ3n) is 4.30. The normalized spacial score (nSPS) is 14.1. The summed E-state index contributed by atoms with van der Waals surface area (Å²) in [6.45, 7) is 2.11. The molecule has 0 saturated heterocycles. The van der Waals surface area contributed by atoms with Crippen LogP contribution < -0.4 is 5.32 Å². The average Bonchev–Trinajstić information content (AvgIpc) is 3.27. The molecular weight excluding hydrogens is 342 g/mol. The fraction of sp³-hybridized carbons (Fsp3) is 0.0909. The van der Waals surface area contributed by atoms with Gasteiger partial charge in [0, 0.05) is 16.8 Å². The van der Waals surface area contributed by atoms with E-state index in [0.717, 1.165) is 16.8 Å². The molecule has 5 heteroatoms. The number of carbonyl (C=O) groups excluding carboxylic acids is 2. The van der Waals surface area contributed by atoms with Gasteiger partial charge < -0.3 is 14.5 Å². The summed E-state index contributed by atoms with van der Waals surface area (Å²) in [6.07, 6.45) is 1.73. The zero-order valence-electron chi connectivity index (χ0n) is 14.7. The zero-order chi connectivity index (χ0) is 18.8. The summed E-state index contributed by atoms with van der Waals surface area (Å²) >= 11 is 0. The van der Waals surface area contributed by atoms with Crippen LogP contribution in [0.25, 0.3) is 23.0 Å². The van der Waals surface area contributed by atoms with Crippen molar-refractivity contribution < 1.29 is 18.7 Å². The molecular formula is C22H17NO4. The van der Waals surface area contributed by atoms with Gasteiger partial charge in [-0.05, 0) is 43.3 Å². The molecule has 0 bridgehead atoms. The summed E-state index contributed by atoms with van der Waals surface area (Å²) in [4.78, 5) is 23.9. The minimum atomic E-state index is -0.347. The second kappa shape index (κ2) is 6.96. The smallest absolute Gasteiger partial charge is 0.338 e. The highest BCUT2D eigenvalue weighted by Gasteiger charge is 2.23. The van der Waals surface area contributed by atoms with Crippen LogP contribution in [0.5, 0.6) is 0 Å². The summed E-state index contributed by atoms with van der Waals surface area (Å²) in [5, 5.41) is 2.84. The van der Waals surface area contributed by atoms with Crippen molar-refractivity contribution in [1.82, 2.24) is 0 Å². The van der Waals surface area contributed by atoms with Gasteiger partial charge in [-0.25, -0.2) is 4.79 Å². The van der Waals surface area contributed by atoms with E-state index >= 15 is 0 Å². The highest BCUT2D eigenvalue weighted by molar-refractivity contribution is 6.34. The lowest BCUT2D eigenvalue weighted by molar-refractivity contribution is -0.110. The first-order valence-corrected chi connectivity index (χ1v) is 8.65. The molecule has 27 heavy (non-hydrogen) atoms. The molecule has 2 heterocycles. The number of hydrogen-bond donors (Lipinski definition) is 1. The number of hydrogen-bond acceptors (Lipinski definition) is 4. The van der Waals surface area contributed by atoms with E-state index in [4.69, 9.17) is 9.15 Å². The van der Waals surface area contributed by atoms with Crippen LogP contribution in [-0.4, -0.2) is 18.5 Å². The number of furan rings is 1. The van der Waals surface area contributed by atoms with Crippen LogP contribution in [0.2, 0.25) is 0 Å². The monoisotopic (exact) mass is 359 g/mol. The van der Waals surface area contributed by atoms with Gasteiger partial charge in [-0.15, -0.1) is 0 Å². The predicted molar refractivity (Wildman–Crippen MR) is 103 cm³/mol. The molecule has 1 N–H and O–H groups in total. The number of ether oxygens (including phenoxy) is 1. The van der Waals surface area contributed by atoms with Crippen LogP contribution in [0.15, 0.2) is 65.1 Å². The van der Waals surface area contributed by atoms with E-state index in [1.807, 2.05) is 36.4 Å². The van der Waals surface area contributed by atoms with Crippen LogP contribution in [0, 0.1) is 0 Å². The Hall–Kier alpha value is -3.60. The predicted octanol–water partition coefficient (Wildman–Crippen LogP) is 4.62. The fourth-order valence-electron chi connectivity index (χ4n) is 3.00. The molecule has 5 nitrogen and oxygen atoms in total. The van der Waals surface area contributed by atoms with E-state index in [-0.39, 0.29) is 11.9 Å². The molecule has 4 rings (SSSR count). The molecule has 3 aromatic rings. The van der Waals surface area contributed by atoms with Gasteiger partial charge in [-0.3, -0.25) is 4.79 Å². The molecule has 0 fully saturated rings. The van der Waals surface area contributed by atoms with Crippen molar-refractivity contribution >= 4 is 29.2 Å². The molecule has 0 aliphatic carbocycles. The van der Waals surface area contributed by atoms with E-state index in [1.54, 1.807) is 37.3 Å². The molecule has 0 spiro atoms. The maximum Gasteiger partial charge on any atom is 0.338 e. The Balaban J connectivity index is 1.59. The van der Waals surface area contributed by atoms with Crippen LogP contribution in [-0.2, 0) is 9.53 Å². The third-order valence-corrected chi connectivity index (χ3v) is 4.30. The first-order chi connectivity index (χ1) is 13.2. The SMILES string of the molecule is CCOC(=O)c1ccc(-c2ccc(C=C3C(=O)Nc4ccccc43)o2)cc1. The van der Waals surface area contributed by atoms with E-state index in [2.05, 4.69) is 5.32 Å². The first-order valence-electron chi connectivity index (χ1n) is 8.65. The highest BCUT2D eigenvalue weighted by atomic mass is 16.5. The fourth-order valence-corrected chi connectivity index (χ4v) is 3.00. The van der Waals surface area contributed by atoms with E-state index in [1.165, 1.54) is 0 Å². The van der Waals surface area contributed by atoms with Crippen LogP contribution in [0.1, 0.15) is 28.6 Å². The summed E-state index contributed by atoms with van der Waals surface area (Å²) in [5.74, 6) is 0.748. The Labute approximate surface area is 156 Å². The van der Waals surface area contributed by atoms with Crippen molar-refractivity contribution in [3.63, 3.8) is 0 Å². The Bertz CT molecular complexity index is 1040. The maximum atomic E-state index is 12.2. The van der Waals surface area contributed by atoms with Crippen molar-refractivity contribution in [2.24, 2.45) is 0 Å². The number of para-hydroxylation sites is 1. The van der Waals surface area contributed by atoms with Crippen LogP contribution in [0.3, 0.4) is 0 Å². The lowest BCUT2D eigenvalue weighted by atomic mass is 10.1. The largest absolute Gasteiger partial charge is 0.462 e. The lowest BCUT2D eigenvalue weighted by Crippen LogP contribution is -2.03. The van der Waals surface area contributed by atoms with Gasteiger partial charge in [0.05, 0.1) is 17.7 Å². The van der Waals surface area contributed by atoms with Crippen molar-refractivity contribution in [1.29, 1.82) is 0 Å². The Kier molecular flexibility index (Phi) is 4.34. The molecule has 0 atom stereocenters. The molecule has 1 amide bonds. The minimum Gasteiger partial charge on any atom is -0.462 e. The Morgan fingerprint density at radius 1 is 1.07 bits per heavy atom. The molecule has 1 aliphatic heterocycles. The average molecular weight is 359 g/mol. The number of anilines is 1. The topological polar surface area (TPSA) is 68.5 Å². The van der Waals surface area contributed by atoms with Gasteiger partial charge in [0.25, 0.3) is 5.91 Å². The number of nitrogens with one attached hydrogen (secondary N) is 1. The number of fused-ring (bicyclic) bond motifs is 1. The van der Waals surface area contributed by atoms with Gasteiger partial charge >= 0.3 is 5.97 Å². The lowest BCUT2D eigenvalue weighted by Gasteiger charge is -2.02. The highest BCUT2D eigenvalue weighted by Crippen LogP contribution is 2.33. The summed E-state index contributed by atoms with van der Waals surface area (Å²) in [6, 6.07) is 18.2. The van der Waals surface area contributed by atoms with Gasteiger partial charge in [-0.2, -0.15) is 0 Å². The van der Waals surface area contributed by atoms with Crippen LogP contribution in [0.4, 0.5) is 5.69 Å². The number of esters is 1. The van der Waals surface area contributed by atoms with E-state index in [0.29, 0.717) is 29.3 Å². The molecule has 1 aliphatic rings. The quantitative estimate of drug-likeness (QED) is 0.545. The van der Waals surface area contributed by atoms with Gasteiger partial charge in [-0.1, -0.05) is 30.3 Å². The summed E-state index contributed by atoms with van der Waals surface area (Å²) in [5.41, 5.74) is 3.57. The van der Waals surface area contributed by atoms with E-state index < -0.39 is 0 Å². The third kappa shape index (κ3) is 3.27. The summed E-state index contributed by atoms with van der Waals surface area (Å²) < 4.78 is 10.9. The van der Waals surface area contributed by atoms with Gasteiger partial charge in [0.2, 0.25) is 0 Å². The molecule has 1 aromatic heterocycles. The molecule has 134 valence electrons. The molecule has 0 radical (unpaired) electrons. The standard InChI is InChI=1S/C22H17NO4/c1-2-26-22(25)15-9-7-14(8-10-15)20-12-11-16(27-20)13-18-17-5-3-4-6-19(17)23-21(18)24/h3-13H,2H2,1H3,(H,23,24). The van der Waals surface area contributed by atoms with E-state index in [9.17, 15) is 9.59 Å². The number of amides is 1. The first kappa shape index (κ1) is 16.8. The van der Waals surface area contributed by atoms with Crippen molar-refractivity contribution in [2.75, 3.05) is 11.9 Å². The number of rotatable bonds is 4. The molecule has 2 aromatic carbocycles. The molecule has 0 saturated carbocycles. The van der Waals surface area contributed by atoms with Gasteiger partial charge in [0.15, 0.2) is 0 Å². The van der Waals surface area contributed by atoms with Gasteiger partial charge in [0.1, 0.15) is 11.5 Å².